The zero-order valence-electron chi connectivity index (χ0n) is 6.62. The van der Waals surface area contributed by atoms with Crippen molar-refractivity contribution in [1.29, 1.82) is 0 Å². The van der Waals surface area contributed by atoms with Gasteiger partial charge in [-0.1, -0.05) is 0 Å². The molecule has 0 aromatic heterocycles. The van der Waals surface area contributed by atoms with E-state index in [0.717, 1.165) is 25.7 Å². The molecule has 0 aliphatic heterocycles. The van der Waals surface area contributed by atoms with Crippen LogP contribution >= 0.6 is 12.4 Å². The summed E-state index contributed by atoms with van der Waals surface area (Å²) >= 11 is 0. The zero-order chi connectivity index (χ0) is 7.40. The van der Waals surface area contributed by atoms with Crippen LogP contribution in [-0.4, -0.2) is 17.8 Å². The minimum absolute atomic E-state index is 0. The van der Waals surface area contributed by atoms with Crippen molar-refractivity contribution >= 4 is 12.4 Å². The summed E-state index contributed by atoms with van der Waals surface area (Å²) in [5.41, 5.74) is 2.77. The average molecular weight is 181 g/mol. The van der Waals surface area contributed by atoms with Gasteiger partial charge >= 0.3 is 0 Å². The lowest BCUT2D eigenvalue weighted by atomic mass is 9.87. The van der Waals surface area contributed by atoms with E-state index in [1.807, 2.05) is 0 Å². The highest BCUT2D eigenvalue weighted by Gasteiger charge is 2.18. The molecule has 1 rings (SSSR count). The normalized spacial score (nSPS) is 31.1. The fraction of sp³-hybridized carbons (Fsp3) is 1.00. The maximum Gasteiger partial charge on any atom is 0.0459 e. The van der Waals surface area contributed by atoms with E-state index in [1.54, 1.807) is 0 Å². The van der Waals surface area contributed by atoms with Crippen molar-refractivity contribution < 1.29 is 5.11 Å². The quantitative estimate of drug-likeness (QED) is 0.427. The van der Waals surface area contributed by atoms with Crippen LogP contribution in [0.3, 0.4) is 0 Å². The predicted molar refractivity (Wildman–Crippen MR) is 47.4 cm³/mol. The van der Waals surface area contributed by atoms with Crippen molar-refractivity contribution in [3.05, 3.63) is 0 Å². The van der Waals surface area contributed by atoms with Gasteiger partial charge in [-0.25, -0.2) is 0 Å². The Hall–Kier alpha value is 0.170. The van der Waals surface area contributed by atoms with Crippen molar-refractivity contribution in [3.63, 3.8) is 0 Å². The second kappa shape index (κ2) is 5.77. The number of rotatable bonds is 2. The molecule has 68 valence electrons. The van der Waals surface area contributed by atoms with Gasteiger partial charge in [0.15, 0.2) is 0 Å². The minimum Gasteiger partial charge on any atom is -0.396 e. The van der Waals surface area contributed by atoms with E-state index >= 15 is 0 Å². The minimum atomic E-state index is 0. The molecule has 1 aliphatic rings. The first kappa shape index (κ1) is 11.2. The van der Waals surface area contributed by atoms with Crippen LogP contribution in [0, 0.1) is 5.92 Å². The Kier molecular flexibility index (Phi) is 5.86. The van der Waals surface area contributed by atoms with E-state index < -0.39 is 0 Å². The summed E-state index contributed by atoms with van der Waals surface area (Å²) in [5.74, 6) is 5.81. The molecular weight excluding hydrogens is 164 g/mol. The van der Waals surface area contributed by atoms with Gasteiger partial charge in [0, 0.05) is 12.6 Å². The number of hydrogen-bond donors (Lipinski definition) is 3. The van der Waals surface area contributed by atoms with E-state index in [0.29, 0.717) is 18.6 Å². The van der Waals surface area contributed by atoms with Gasteiger partial charge in [-0.2, -0.15) is 0 Å². The molecule has 0 aromatic rings. The number of aliphatic hydroxyl groups is 1. The number of nitrogens with one attached hydrogen (secondary N) is 1. The van der Waals surface area contributed by atoms with Crippen LogP contribution in [0.5, 0.6) is 0 Å². The topological polar surface area (TPSA) is 58.3 Å². The molecule has 0 unspecified atom stereocenters. The predicted octanol–water partition coefficient (Wildman–Crippen LogP) is 0.423. The Morgan fingerprint density at radius 3 is 2.18 bits per heavy atom. The maximum absolute atomic E-state index is 8.80. The molecule has 1 aliphatic carbocycles. The van der Waals surface area contributed by atoms with Crippen LogP contribution in [0.1, 0.15) is 25.7 Å². The molecule has 0 atom stereocenters. The summed E-state index contributed by atoms with van der Waals surface area (Å²) in [5, 5.41) is 8.80. The van der Waals surface area contributed by atoms with Crippen molar-refractivity contribution in [2.45, 2.75) is 31.7 Å². The van der Waals surface area contributed by atoms with Crippen molar-refractivity contribution in [3.8, 4) is 0 Å². The fourth-order valence-electron chi connectivity index (χ4n) is 1.51. The Morgan fingerprint density at radius 2 is 1.82 bits per heavy atom. The molecular formula is C7H17ClN2O. The van der Waals surface area contributed by atoms with Gasteiger partial charge in [0.2, 0.25) is 0 Å². The largest absolute Gasteiger partial charge is 0.396 e. The summed E-state index contributed by atoms with van der Waals surface area (Å²) in [6.07, 6.45) is 4.46. The fourth-order valence-corrected chi connectivity index (χ4v) is 1.51. The van der Waals surface area contributed by atoms with Crippen LogP contribution in [0.2, 0.25) is 0 Å². The highest BCUT2D eigenvalue weighted by Crippen LogP contribution is 2.22. The van der Waals surface area contributed by atoms with Crippen LogP contribution in [-0.2, 0) is 0 Å². The maximum atomic E-state index is 8.80. The second-order valence-corrected chi connectivity index (χ2v) is 3.07. The van der Waals surface area contributed by atoms with Crippen molar-refractivity contribution in [2.24, 2.45) is 11.8 Å². The Morgan fingerprint density at radius 1 is 1.27 bits per heavy atom. The number of hydrogen-bond acceptors (Lipinski definition) is 3. The number of nitrogens with two attached hydrogens (primary N) is 1. The molecule has 0 radical (unpaired) electrons. The second-order valence-electron chi connectivity index (χ2n) is 3.07. The zero-order valence-corrected chi connectivity index (χ0v) is 7.44. The molecule has 1 saturated carbocycles. The average Bonchev–Trinajstić information content (AvgIpc) is 2.05. The first-order valence-electron chi connectivity index (χ1n) is 3.93. The molecule has 4 heteroatoms. The monoisotopic (exact) mass is 180 g/mol. The van der Waals surface area contributed by atoms with Gasteiger partial charge in [0.05, 0.1) is 0 Å². The molecule has 1 fully saturated rings. The molecule has 0 heterocycles. The molecule has 0 spiro atoms. The van der Waals surface area contributed by atoms with Gasteiger partial charge < -0.3 is 5.11 Å². The summed E-state index contributed by atoms with van der Waals surface area (Å²) in [7, 11) is 0. The van der Waals surface area contributed by atoms with Crippen molar-refractivity contribution in [1.82, 2.24) is 5.43 Å². The van der Waals surface area contributed by atoms with Gasteiger partial charge in [-0.05, 0) is 31.6 Å². The van der Waals surface area contributed by atoms with Gasteiger partial charge in [0.1, 0.15) is 0 Å². The lowest BCUT2D eigenvalue weighted by Crippen LogP contribution is -2.38. The molecule has 0 saturated heterocycles. The van der Waals surface area contributed by atoms with E-state index in [9.17, 15) is 0 Å². The molecule has 4 N–H and O–H groups in total. The number of hydrazine groups is 1. The standard InChI is InChI=1S/C7H16N2O.ClH/c8-9-7-3-1-6(5-10)2-4-7;/h6-7,9-10H,1-5,8H2;1H/t6-,7-;. The summed E-state index contributed by atoms with van der Waals surface area (Å²) in [6, 6.07) is 0.489. The smallest absolute Gasteiger partial charge is 0.0459 e. The van der Waals surface area contributed by atoms with Crippen LogP contribution in [0.15, 0.2) is 0 Å². The van der Waals surface area contributed by atoms with Gasteiger partial charge in [-0.3, -0.25) is 11.3 Å². The highest BCUT2D eigenvalue weighted by molar-refractivity contribution is 5.85. The molecule has 0 bridgehead atoms. The third-order valence-corrected chi connectivity index (χ3v) is 2.34. The number of halogens is 1. The first-order valence-corrected chi connectivity index (χ1v) is 3.93. The summed E-state index contributed by atoms with van der Waals surface area (Å²) in [6.45, 7) is 0.345. The van der Waals surface area contributed by atoms with Gasteiger partial charge in [0.25, 0.3) is 0 Å². The van der Waals surface area contributed by atoms with E-state index in [4.69, 9.17) is 10.9 Å². The Bertz CT molecular complexity index is 82.4. The highest BCUT2D eigenvalue weighted by atomic mass is 35.5. The van der Waals surface area contributed by atoms with Crippen LogP contribution < -0.4 is 11.3 Å². The number of aliphatic hydroxyl groups excluding tert-OH is 1. The molecule has 0 aromatic carbocycles. The van der Waals surface area contributed by atoms with Crippen LogP contribution in [0.25, 0.3) is 0 Å². The first-order chi connectivity index (χ1) is 4.86. The summed E-state index contributed by atoms with van der Waals surface area (Å²) < 4.78 is 0. The molecule has 3 nitrogen and oxygen atoms in total. The van der Waals surface area contributed by atoms with E-state index in [1.165, 1.54) is 0 Å². The molecule has 11 heavy (non-hydrogen) atoms. The van der Waals surface area contributed by atoms with E-state index in [-0.39, 0.29) is 12.4 Å². The van der Waals surface area contributed by atoms with Crippen LogP contribution in [0.4, 0.5) is 0 Å². The lowest BCUT2D eigenvalue weighted by molar-refractivity contribution is 0.175. The third-order valence-electron chi connectivity index (χ3n) is 2.34. The lowest BCUT2D eigenvalue weighted by Gasteiger charge is -2.26. The molecule has 0 amide bonds. The van der Waals surface area contributed by atoms with E-state index in [2.05, 4.69) is 5.43 Å². The summed E-state index contributed by atoms with van der Waals surface area (Å²) in [4.78, 5) is 0. The SMILES string of the molecule is Cl.NN[C@H]1CC[C@H](CO)CC1. The van der Waals surface area contributed by atoms with Gasteiger partial charge in [-0.15, -0.1) is 12.4 Å². The Labute approximate surface area is 73.7 Å². The Balaban J connectivity index is 0.000001000. The third kappa shape index (κ3) is 3.38. The van der Waals surface area contributed by atoms with Crippen molar-refractivity contribution in [2.75, 3.05) is 6.61 Å².